The zero-order valence-corrected chi connectivity index (χ0v) is 18.1. The minimum absolute atomic E-state index is 0.0380. The second-order valence-corrected chi connectivity index (χ2v) is 7.80. The summed E-state index contributed by atoms with van der Waals surface area (Å²) in [5.41, 5.74) is 7.68. The predicted octanol–water partition coefficient (Wildman–Crippen LogP) is 1.09. The number of nitrogens with zero attached hydrogens (tertiary/aromatic N) is 3. The molecule has 0 radical (unpaired) electrons. The molecule has 1 atom stereocenters. The molecule has 1 heterocycles. The van der Waals surface area contributed by atoms with E-state index in [0.717, 1.165) is 23.4 Å². The Morgan fingerprint density at radius 2 is 1.69 bits per heavy atom. The summed E-state index contributed by atoms with van der Waals surface area (Å²) in [6.07, 6.45) is 2.45. The number of benzene rings is 2. The number of carbonyl (C=O) groups excluding carboxylic acids is 1. The number of nitrogens with two attached hydrogens (primary N) is 1. The number of nitrogens with one attached hydrogen (secondary N) is 1. The van der Waals surface area contributed by atoms with Crippen molar-refractivity contribution in [1.29, 1.82) is 0 Å². The molecular weight excluding hydrogens is 405 g/mol. The molecule has 1 amide bonds. The molecule has 9 heteroatoms. The van der Waals surface area contributed by atoms with Gasteiger partial charge < -0.3 is 21.1 Å². The summed E-state index contributed by atoms with van der Waals surface area (Å²) in [4.78, 5) is 17.2. The van der Waals surface area contributed by atoms with E-state index in [-0.39, 0.29) is 12.3 Å². The maximum Gasteiger partial charge on any atom is 0.475 e. The zero-order chi connectivity index (χ0) is 22.8. The lowest BCUT2D eigenvalue weighted by Crippen LogP contribution is -2.47. The third-order valence-electron chi connectivity index (χ3n) is 5.17. The molecule has 1 aromatic heterocycles. The summed E-state index contributed by atoms with van der Waals surface area (Å²) >= 11 is 0. The van der Waals surface area contributed by atoms with Crippen LogP contribution in [0.15, 0.2) is 60.7 Å². The van der Waals surface area contributed by atoms with E-state index in [4.69, 9.17) is 5.73 Å². The Bertz CT molecular complexity index is 907. The fourth-order valence-electron chi connectivity index (χ4n) is 3.50. The normalized spacial score (nSPS) is 11.8. The van der Waals surface area contributed by atoms with Crippen molar-refractivity contribution in [2.24, 2.45) is 5.73 Å². The number of hydrogen-bond donors (Lipinski definition) is 4. The van der Waals surface area contributed by atoms with Crippen LogP contribution in [0.5, 0.6) is 0 Å². The Morgan fingerprint density at radius 1 is 1.03 bits per heavy atom. The monoisotopic (exact) mass is 435 g/mol. The van der Waals surface area contributed by atoms with Gasteiger partial charge in [0.05, 0.1) is 18.9 Å². The van der Waals surface area contributed by atoms with Gasteiger partial charge >= 0.3 is 7.12 Å². The lowest BCUT2D eigenvalue weighted by atomic mass is 9.76. The topological polar surface area (TPSA) is 126 Å². The van der Waals surface area contributed by atoms with Crippen molar-refractivity contribution in [1.82, 2.24) is 20.1 Å². The summed E-state index contributed by atoms with van der Waals surface area (Å²) in [6.45, 7) is 1.07. The van der Waals surface area contributed by atoms with Gasteiger partial charge in [-0.15, -0.1) is 0 Å². The second-order valence-electron chi connectivity index (χ2n) is 7.80. The summed E-state index contributed by atoms with van der Waals surface area (Å²) in [6, 6.07) is 19.9. The number of hydrogen-bond acceptors (Lipinski definition) is 6. The van der Waals surface area contributed by atoms with E-state index in [2.05, 4.69) is 15.4 Å². The smallest absolute Gasteiger partial charge is 0.426 e. The van der Waals surface area contributed by atoms with Crippen LogP contribution in [0, 0.1) is 0 Å². The summed E-state index contributed by atoms with van der Waals surface area (Å²) in [7, 11) is -1.63. The van der Waals surface area contributed by atoms with E-state index >= 15 is 0 Å². The van der Waals surface area contributed by atoms with Gasteiger partial charge in [-0.05, 0) is 30.5 Å². The fraction of sp³-hybridized carbons (Fsp3) is 0.348. The fourth-order valence-corrected chi connectivity index (χ4v) is 3.50. The van der Waals surface area contributed by atoms with Crippen LogP contribution in [0.4, 0.5) is 0 Å². The van der Waals surface area contributed by atoms with Crippen LogP contribution < -0.4 is 11.1 Å². The average Bonchev–Trinajstić information content (AvgIpc) is 3.14. The van der Waals surface area contributed by atoms with Crippen molar-refractivity contribution in [3.05, 3.63) is 83.4 Å². The Labute approximate surface area is 188 Å². The summed E-state index contributed by atoms with van der Waals surface area (Å²) in [5.74, 6) is 0.0743. The minimum atomic E-state index is -1.63. The van der Waals surface area contributed by atoms with E-state index < -0.39 is 13.1 Å². The molecule has 3 rings (SSSR count). The highest BCUT2D eigenvalue weighted by atomic mass is 16.4. The van der Waals surface area contributed by atoms with Crippen LogP contribution in [0.2, 0.25) is 0 Å². The Morgan fingerprint density at radius 3 is 2.31 bits per heavy atom. The Hall–Kier alpha value is -3.01. The largest absolute Gasteiger partial charge is 0.475 e. The van der Waals surface area contributed by atoms with Gasteiger partial charge in [0, 0.05) is 6.42 Å². The van der Waals surface area contributed by atoms with Crippen LogP contribution in [0.1, 0.15) is 42.0 Å². The first-order valence-electron chi connectivity index (χ1n) is 10.9. The first-order valence-corrected chi connectivity index (χ1v) is 10.9. The van der Waals surface area contributed by atoms with E-state index in [1.807, 2.05) is 65.3 Å². The van der Waals surface area contributed by atoms with Crippen molar-refractivity contribution in [3.8, 4) is 0 Å². The van der Waals surface area contributed by atoms with E-state index in [1.54, 1.807) is 0 Å². The van der Waals surface area contributed by atoms with Crippen molar-refractivity contribution < 1.29 is 14.8 Å². The van der Waals surface area contributed by atoms with Crippen LogP contribution in [-0.4, -0.2) is 50.3 Å². The maximum absolute atomic E-state index is 12.5. The molecule has 0 saturated heterocycles. The highest BCUT2D eigenvalue weighted by Crippen LogP contribution is 2.11. The van der Waals surface area contributed by atoms with Crippen molar-refractivity contribution >= 4 is 13.0 Å². The average molecular weight is 435 g/mol. The molecule has 0 aliphatic heterocycles. The number of rotatable bonds is 12. The van der Waals surface area contributed by atoms with Gasteiger partial charge in [0.1, 0.15) is 5.82 Å². The number of carbonyl (C=O) groups is 1. The third-order valence-corrected chi connectivity index (χ3v) is 5.17. The van der Waals surface area contributed by atoms with Crippen LogP contribution in [0.25, 0.3) is 0 Å². The molecule has 8 nitrogen and oxygen atoms in total. The van der Waals surface area contributed by atoms with Gasteiger partial charge in [-0.3, -0.25) is 4.79 Å². The Kier molecular flexibility index (Phi) is 8.97. The highest BCUT2D eigenvalue weighted by Gasteiger charge is 2.25. The summed E-state index contributed by atoms with van der Waals surface area (Å²) < 4.78 is 1.82. The van der Waals surface area contributed by atoms with Crippen LogP contribution >= 0.6 is 0 Å². The molecule has 0 saturated carbocycles. The lowest BCUT2D eigenvalue weighted by Gasteiger charge is -2.17. The minimum Gasteiger partial charge on any atom is -0.426 e. The van der Waals surface area contributed by atoms with E-state index in [1.165, 1.54) is 0 Å². The highest BCUT2D eigenvalue weighted by molar-refractivity contribution is 6.43. The van der Waals surface area contributed by atoms with E-state index in [9.17, 15) is 14.8 Å². The molecule has 0 bridgehead atoms. The third kappa shape index (κ3) is 7.30. The van der Waals surface area contributed by atoms with Crippen molar-refractivity contribution in [2.45, 2.75) is 44.6 Å². The maximum atomic E-state index is 12.5. The van der Waals surface area contributed by atoms with Gasteiger partial charge in [-0.2, -0.15) is 5.10 Å². The molecule has 2 aromatic carbocycles. The number of unbranched alkanes of at least 4 members (excludes halogenated alkanes) is 1. The second kappa shape index (κ2) is 12.1. The van der Waals surface area contributed by atoms with E-state index in [0.29, 0.717) is 38.2 Å². The van der Waals surface area contributed by atoms with Crippen molar-refractivity contribution in [2.75, 3.05) is 6.54 Å². The van der Waals surface area contributed by atoms with Crippen LogP contribution in [0.3, 0.4) is 0 Å². The molecule has 3 aromatic rings. The Balaban J connectivity index is 1.72. The molecule has 168 valence electrons. The molecule has 5 N–H and O–H groups in total. The molecule has 0 fully saturated rings. The molecule has 32 heavy (non-hydrogen) atoms. The standard InChI is InChI=1S/C23H30BN5O3/c25-14-8-7-13-20(24(31)32)26-23(30)16-21-27-22(15-18-9-3-1-4-10-18)29(28-21)17-19-11-5-2-6-12-19/h1-6,9-12,20,31-32H,7-8,13-17,25H2,(H,26,30). The molecule has 0 aliphatic carbocycles. The molecular formula is C23H30BN5O3. The van der Waals surface area contributed by atoms with Crippen LogP contribution in [-0.2, 0) is 24.2 Å². The number of amides is 1. The summed E-state index contributed by atoms with van der Waals surface area (Å²) in [5, 5.41) is 26.4. The predicted molar refractivity (Wildman–Crippen MR) is 124 cm³/mol. The first kappa shape index (κ1) is 23.7. The van der Waals surface area contributed by atoms with Gasteiger partial charge in [-0.1, -0.05) is 67.1 Å². The SMILES string of the molecule is NCCCCC(NC(=O)Cc1nc(Cc2ccccc2)n(Cc2ccccc2)n1)B(O)O. The molecule has 1 unspecified atom stereocenters. The van der Waals surface area contributed by atoms with Gasteiger partial charge in [0.2, 0.25) is 5.91 Å². The number of aromatic nitrogens is 3. The lowest BCUT2D eigenvalue weighted by molar-refractivity contribution is -0.121. The molecule has 0 spiro atoms. The van der Waals surface area contributed by atoms with Gasteiger partial charge in [0.15, 0.2) is 5.82 Å². The van der Waals surface area contributed by atoms with Crippen molar-refractivity contribution in [3.63, 3.8) is 0 Å². The van der Waals surface area contributed by atoms with Gasteiger partial charge in [-0.25, -0.2) is 9.67 Å². The quantitative estimate of drug-likeness (QED) is 0.249. The zero-order valence-electron chi connectivity index (χ0n) is 18.1. The molecule has 0 aliphatic rings. The van der Waals surface area contributed by atoms with Gasteiger partial charge in [0.25, 0.3) is 0 Å². The first-order chi connectivity index (χ1) is 15.5.